The zero-order chi connectivity index (χ0) is 14.2. The number of carbonyl (C=O) groups excluding carboxylic acids is 1. The van der Waals surface area contributed by atoms with Gasteiger partial charge in [-0.3, -0.25) is 4.79 Å². The lowest BCUT2D eigenvalue weighted by atomic mass is 9.81. The van der Waals surface area contributed by atoms with Crippen LogP contribution in [0.15, 0.2) is 23.1 Å². The van der Waals surface area contributed by atoms with Gasteiger partial charge in [0.2, 0.25) is 5.91 Å². The summed E-state index contributed by atoms with van der Waals surface area (Å²) in [6.07, 6.45) is 5.41. The van der Waals surface area contributed by atoms with Gasteiger partial charge in [-0.05, 0) is 37.5 Å². The zero-order valence-electron chi connectivity index (χ0n) is 12.0. The van der Waals surface area contributed by atoms with Gasteiger partial charge >= 0.3 is 0 Å². The van der Waals surface area contributed by atoms with E-state index in [2.05, 4.69) is 6.92 Å². The molecule has 1 aliphatic heterocycles. The van der Waals surface area contributed by atoms with Gasteiger partial charge in [0.05, 0.1) is 5.69 Å². The van der Waals surface area contributed by atoms with Crippen molar-refractivity contribution in [3.63, 3.8) is 0 Å². The molecule has 3 nitrogen and oxygen atoms in total. The number of fused-ring (bicyclic) bond motifs is 1. The first-order chi connectivity index (χ1) is 9.66. The normalized spacial score (nSPS) is 20.8. The van der Waals surface area contributed by atoms with Gasteiger partial charge < -0.3 is 10.6 Å². The third-order valence-electron chi connectivity index (χ3n) is 4.78. The summed E-state index contributed by atoms with van der Waals surface area (Å²) in [5.74, 6) is 1.30. The SMILES string of the molecule is CCC1(C(=O)N2CCSc3ccc(N)cc32)CCCC1. The van der Waals surface area contributed by atoms with E-state index in [-0.39, 0.29) is 5.41 Å². The third kappa shape index (κ3) is 2.20. The highest BCUT2D eigenvalue weighted by Gasteiger charge is 2.43. The molecule has 0 spiro atoms. The fourth-order valence-corrected chi connectivity index (χ4v) is 4.48. The van der Waals surface area contributed by atoms with Crippen molar-refractivity contribution < 1.29 is 4.79 Å². The number of nitrogens with zero attached hydrogens (tertiary/aromatic N) is 1. The second-order valence-electron chi connectivity index (χ2n) is 5.87. The van der Waals surface area contributed by atoms with Crippen molar-refractivity contribution in [2.45, 2.75) is 43.9 Å². The van der Waals surface area contributed by atoms with Crippen LogP contribution in [-0.4, -0.2) is 18.2 Å². The van der Waals surface area contributed by atoms with E-state index in [9.17, 15) is 4.79 Å². The third-order valence-corrected chi connectivity index (χ3v) is 5.83. The minimum Gasteiger partial charge on any atom is -0.399 e. The highest BCUT2D eigenvalue weighted by molar-refractivity contribution is 7.99. The average Bonchev–Trinajstić information content (AvgIpc) is 2.96. The Labute approximate surface area is 124 Å². The average molecular weight is 290 g/mol. The van der Waals surface area contributed by atoms with E-state index in [1.165, 1.54) is 17.7 Å². The van der Waals surface area contributed by atoms with E-state index in [1.54, 1.807) is 0 Å². The predicted octanol–water partition coefficient (Wildman–Crippen LogP) is 3.68. The first-order valence-corrected chi connectivity index (χ1v) is 8.49. The molecule has 0 unspecified atom stereocenters. The summed E-state index contributed by atoms with van der Waals surface area (Å²) in [7, 11) is 0. The van der Waals surface area contributed by atoms with Gasteiger partial charge in [-0.15, -0.1) is 11.8 Å². The van der Waals surface area contributed by atoms with Crippen LogP contribution >= 0.6 is 11.8 Å². The van der Waals surface area contributed by atoms with Crippen LogP contribution < -0.4 is 10.6 Å². The summed E-state index contributed by atoms with van der Waals surface area (Å²) in [4.78, 5) is 16.3. The number of anilines is 2. The van der Waals surface area contributed by atoms with Crippen molar-refractivity contribution >= 4 is 29.0 Å². The molecule has 4 heteroatoms. The number of hydrogen-bond donors (Lipinski definition) is 1. The molecule has 0 aromatic heterocycles. The molecule has 0 radical (unpaired) electrons. The van der Waals surface area contributed by atoms with Crippen LogP contribution in [0.5, 0.6) is 0 Å². The summed E-state index contributed by atoms with van der Waals surface area (Å²) in [6, 6.07) is 5.92. The van der Waals surface area contributed by atoms with Gasteiger partial charge in [0.1, 0.15) is 0 Å². The maximum absolute atomic E-state index is 13.1. The summed E-state index contributed by atoms with van der Waals surface area (Å²) < 4.78 is 0. The van der Waals surface area contributed by atoms with Crippen molar-refractivity contribution in [3.05, 3.63) is 18.2 Å². The molecular formula is C16H22N2OS. The van der Waals surface area contributed by atoms with Crippen molar-refractivity contribution in [1.82, 2.24) is 0 Å². The minimum absolute atomic E-state index is 0.121. The number of benzene rings is 1. The van der Waals surface area contributed by atoms with Gasteiger partial charge in [0.15, 0.2) is 0 Å². The van der Waals surface area contributed by atoms with Crippen LogP contribution in [-0.2, 0) is 4.79 Å². The van der Waals surface area contributed by atoms with E-state index >= 15 is 0 Å². The molecular weight excluding hydrogens is 268 g/mol. The van der Waals surface area contributed by atoms with Crippen LogP contribution in [0.2, 0.25) is 0 Å². The molecule has 1 heterocycles. The monoisotopic (exact) mass is 290 g/mol. The van der Waals surface area contributed by atoms with E-state index in [0.717, 1.165) is 42.9 Å². The molecule has 1 saturated carbocycles. The van der Waals surface area contributed by atoms with E-state index < -0.39 is 0 Å². The van der Waals surface area contributed by atoms with Gasteiger partial charge in [-0.25, -0.2) is 0 Å². The quantitative estimate of drug-likeness (QED) is 0.845. The van der Waals surface area contributed by atoms with E-state index in [1.807, 2.05) is 34.9 Å². The van der Waals surface area contributed by atoms with Gasteiger partial charge in [-0.2, -0.15) is 0 Å². The second-order valence-corrected chi connectivity index (χ2v) is 7.01. The van der Waals surface area contributed by atoms with Crippen molar-refractivity contribution in [2.24, 2.45) is 5.41 Å². The Morgan fingerprint density at radius 2 is 2.15 bits per heavy atom. The first kappa shape index (κ1) is 13.8. The topological polar surface area (TPSA) is 46.3 Å². The first-order valence-electron chi connectivity index (χ1n) is 7.50. The molecule has 1 amide bonds. The number of nitrogens with two attached hydrogens (primary N) is 1. The summed E-state index contributed by atoms with van der Waals surface area (Å²) >= 11 is 1.82. The fourth-order valence-electron chi connectivity index (χ4n) is 3.50. The van der Waals surface area contributed by atoms with Crippen molar-refractivity contribution in [1.29, 1.82) is 0 Å². The molecule has 0 saturated heterocycles. The molecule has 1 fully saturated rings. The predicted molar refractivity (Wildman–Crippen MR) is 85.1 cm³/mol. The summed E-state index contributed by atoms with van der Waals surface area (Å²) in [5.41, 5.74) is 7.55. The Morgan fingerprint density at radius 3 is 2.85 bits per heavy atom. The Morgan fingerprint density at radius 1 is 1.40 bits per heavy atom. The Kier molecular flexibility index (Phi) is 3.67. The van der Waals surface area contributed by atoms with Crippen LogP contribution in [0.25, 0.3) is 0 Å². The largest absolute Gasteiger partial charge is 0.399 e. The second kappa shape index (κ2) is 5.32. The van der Waals surface area contributed by atoms with E-state index in [0.29, 0.717) is 5.91 Å². The molecule has 3 rings (SSSR count). The van der Waals surface area contributed by atoms with Gasteiger partial charge in [0, 0.05) is 28.3 Å². The molecule has 108 valence electrons. The molecule has 1 aliphatic carbocycles. The Hall–Kier alpha value is -1.16. The number of rotatable bonds is 2. The molecule has 2 aliphatic rings. The number of thioether (sulfide) groups is 1. The Balaban J connectivity index is 1.96. The van der Waals surface area contributed by atoms with Crippen molar-refractivity contribution in [2.75, 3.05) is 22.9 Å². The van der Waals surface area contributed by atoms with E-state index in [4.69, 9.17) is 5.73 Å². The summed E-state index contributed by atoms with van der Waals surface area (Å²) in [5, 5.41) is 0. The number of hydrogen-bond acceptors (Lipinski definition) is 3. The molecule has 20 heavy (non-hydrogen) atoms. The maximum atomic E-state index is 13.1. The molecule has 1 aromatic carbocycles. The number of amides is 1. The highest BCUT2D eigenvalue weighted by atomic mass is 32.2. The van der Waals surface area contributed by atoms with Crippen LogP contribution in [0.3, 0.4) is 0 Å². The Bertz CT molecular complexity index is 523. The van der Waals surface area contributed by atoms with Gasteiger partial charge in [0.25, 0.3) is 0 Å². The molecule has 0 bridgehead atoms. The summed E-state index contributed by atoms with van der Waals surface area (Å²) in [6.45, 7) is 2.96. The van der Waals surface area contributed by atoms with Crippen LogP contribution in [0.1, 0.15) is 39.0 Å². The standard InChI is InChI=1S/C16H22N2OS/c1-2-16(7-3-4-8-16)15(19)18-9-10-20-14-6-5-12(17)11-13(14)18/h5-6,11H,2-4,7-10,17H2,1H3. The zero-order valence-corrected chi connectivity index (χ0v) is 12.8. The smallest absolute Gasteiger partial charge is 0.233 e. The molecule has 2 N–H and O–H groups in total. The number of carbonyl (C=O) groups is 1. The lowest BCUT2D eigenvalue weighted by Crippen LogP contribution is -2.45. The highest BCUT2D eigenvalue weighted by Crippen LogP contribution is 2.45. The molecule has 0 atom stereocenters. The van der Waals surface area contributed by atoms with Crippen molar-refractivity contribution in [3.8, 4) is 0 Å². The molecule has 1 aromatic rings. The lowest BCUT2D eigenvalue weighted by Gasteiger charge is -2.36. The van der Waals surface area contributed by atoms with Crippen LogP contribution in [0, 0.1) is 5.41 Å². The lowest BCUT2D eigenvalue weighted by molar-refractivity contribution is -0.128. The maximum Gasteiger partial charge on any atom is 0.233 e. The fraction of sp³-hybridized carbons (Fsp3) is 0.562. The van der Waals surface area contributed by atoms with Crippen LogP contribution in [0.4, 0.5) is 11.4 Å². The van der Waals surface area contributed by atoms with Gasteiger partial charge in [-0.1, -0.05) is 19.8 Å². The number of nitrogen functional groups attached to an aromatic ring is 1. The minimum atomic E-state index is -0.121.